The van der Waals surface area contributed by atoms with Crippen molar-refractivity contribution < 1.29 is 9.47 Å². The molecular formula is C26H29N7O2. The smallest absolute Gasteiger partial charge is 0.237 e. The van der Waals surface area contributed by atoms with Gasteiger partial charge >= 0.3 is 0 Å². The number of imidazole rings is 1. The van der Waals surface area contributed by atoms with Gasteiger partial charge in [0.1, 0.15) is 12.4 Å². The van der Waals surface area contributed by atoms with Gasteiger partial charge in [0.05, 0.1) is 24.2 Å². The number of aromatic nitrogens is 4. The first-order valence-corrected chi connectivity index (χ1v) is 12.1. The number of methoxy groups -OCH3 is 1. The second kappa shape index (κ2) is 8.98. The molecule has 9 heteroatoms. The number of ether oxygens (including phenoxy) is 2. The van der Waals surface area contributed by atoms with Crippen LogP contribution >= 0.6 is 0 Å². The number of hydrogen-bond acceptors (Lipinski definition) is 8. The van der Waals surface area contributed by atoms with Crippen molar-refractivity contribution in [1.29, 1.82) is 0 Å². The molecule has 0 radical (unpaired) electrons. The van der Waals surface area contributed by atoms with Crippen molar-refractivity contribution in [3.8, 4) is 22.9 Å². The summed E-state index contributed by atoms with van der Waals surface area (Å²) < 4.78 is 13.4. The molecule has 4 aromatic rings. The van der Waals surface area contributed by atoms with Crippen LogP contribution in [0, 0.1) is 5.92 Å². The Kier molecular flexibility index (Phi) is 5.52. The highest BCUT2D eigenvalue weighted by Crippen LogP contribution is 2.35. The molecule has 5 heterocycles. The molecule has 0 unspecified atom stereocenters. The third-order valence-corrected chi connectivity index (χ3v) is 6.74. The van der Waals surface area contributed by atoms with Crippen LogP contribution in [-0.4, -0.2) is 52.7 Å². The van der Waals surface area contributed by atoms with Gasteiger partial charge in [0.2, 0.25) is 5.88 Å². The van der Waals surface area contributed by atoms with Crippen molar-refractivity contribution in [2.24, 2.45) is 5.92 Å². The van der Waals surface area contributed by atoms with E-state index in [1.54, 1.807) is 19.5 Å². The highest BCUT2D eigenvalue weighted by atomic mass is 16.5. The maximum Gasteiger partial charge on any atom is 0.237 e. The molecule has 2 aliphatic rings. The fourth-order valence-corrected chi connectivity index (χ4v) is 4.72. The van der Waals surface area contributed by atoms with Crippen LogP contribution < -0.4 is 25.0 Å². The first-order valence-electron chi connectivity index (χ1n) is 12.1. The molecule has 6 rings (SSSR count). The van der Waals surface area contributed by atoms with Crippen LogP contribution in [0.25, 0.3) is 16.9 Å². The summed E-state index contributed by atoms with van der Waals surface area (Å²) in [5.41, 5.74) is 5.33. The number of benzene rings is 1. The molecule has 9 nitrogen and oxygen atoms in total. The minimum atomic E-state index is 0.617. The summed E-state index contributed by atoms with van der Waals surface area (Å²) in [5, 5.41) is 6.80. The molecule has 0 aliphatic carbocycles. The summed E-state index contributed by atoms with van der Waals surface area (Å²) >= 11 is 0. The van der Waals surface area contributed by atoms with Gasteiger partial charge in [-0.3, -0.25) is 0 Å². The highest BCUT2D eigenvalue weighted by Gasteiger charge is 2.20. The van der Waals surface area contributed by atoms with E-state index in [9.17, 15) is 0 Å². The van der Waals surface area contributed by atoms with Crippen LogP contribution in [0.5, 0.6) is 11.6 Å². The molecule has 3 aromatic heterocycles. The van der Waals surface area contributed by atoms with Gasteiger partial charge < -0.3 is 29.4 Å². The predicted molar refractivity (Wildman–Crippen MR) is 137 cm³/mol. The number of pyridine rings is 1. The van der Waals surface area contributed by atoms with E-state index in [1.165, 1.54) is 12.8 Å². The lowest BCUT2D eigenvalue weighted by Gasteiger charge is -2.33. The maximum absolute atomic E-state index is 5.77. The summed E-state index contributed by atoms with van der Waals surface area (Å²) in [5.74, 6) is 2.92. The molecule has 1 saturated heterocycles. The number of anilines is 4. The van der Waals surface area contributed by atoms with Crippen molar-refractivity contribution in [1.82, 2.24) is 19.4 Å². The van der Waals surface area contributed by atoms with E-state index in [-0.39, 0.29) is 0 Å². The van der Waals surface area contributed by atoms with Crippen molar-refractivity contribution in [2.75, 3.05) is 48.9 Å². The summed E-state index contributed by atoms with van der Waals surface area (Å²) in [6.45, 7) is 5.80. The van der Waals surface area contributed by atoms with Gasteiger partial charge in [0.15, 0.2) is 11.5 Å². The van der Waals surface area contributed by atoms with E-state index in [0.717, 1.165) is 65.3 Å². The van der Waals surface area contributed by atoms with E-state index in [2.05, 4.69) is 44.6 Å². The predicted octanol–water partition coefficient (Wildman–Crippen LogP) is 4.58. The molecule has 2 N–H and O–H groups in total. The fourth-order valence-electron chi connectivity index (χ4n) is 4.72. The summed E-state index contributed by atoms with van der Waals surface area (Å²) in [4.78, 5) is 16.3. The van der Waals surface area contributed by atoms with Crippen LogP contribution in [0.2, 0.25) is 0 Å². The van der Waals surface area contributed by atoms with E-state index in [0.29, 0.717) is 18.3 Å². The average molecular weight is 472 g/mol. The average Bonchev–Trinajstić information content (AvgIpc) is 3.38. The monoisotopic (exact) mass is 471 g/mol. The van der Waals surface area contributed by atoms with Gasteiger partial charge in [-0.1, -0.05) is 6.92 Å². The quantitative estimate of drug-likeness (QED) is 0.437. The van der Waals surface area contributed by atoms with Crippen molar-refractivity contribution >= 4 is 28.5 Å². The lowest BCUT2D eigenvalue weighted by Crippen LogP contribution is -2.33. The van der Waals surface area contributed by atoms with Gasteiger partial charge in [-0.15, -0.1) is 0 Å². The zero-order valence-electron chi connectivity index (χ0n) is 20.0. The second-order valence-electron chi connectivity index (χ2n) is 9.17. The molecule has 180 valence electrons. The lowest BCUT2D eigenvalue weighted by atomic mass is 9.98. The summed E-state index contributed by atoms with van der Waals surface area (Å²) in [6.07, 6.45) is 9.85. The standard InChI is InChI=1S/C26H29N7O2/c1-17-5-9-32(10-6-17)22-4-3-19(14-23(22)34-2)30-24-25-28-7-11-33(25)16-21(31-24)18-13-20-26(29-15-18)35-12-8-27-20/h3-4,7,11,13-17,27H,5-6,8-10,12H2,1-2H3,(H,30,31). The molecule has 0 atom stereocenters. The summed E-state index contributed by atoms with van der Waals surface area (Å²) in [6, 6.07) is 8.25. The van der Waals surface area contributed by atoms with Crippen LogP contribution in [0.15, 0.2) is 49.1 Å². The number of fused-ring (bicyclic) bond motifs is 2. The van der Waals surface area contributed by atoms with E-state index >= 15 is 0 Å². The Balaban J connectivity index is 1.33. The largest absolute Gasteiger partial charge is 0.495 e. The first kappa shape index (κ1) is 21.5. The van der Waals surface area contributed by atoms with Crippen LogP contribution in [-0.2, 0) is 0 Å². The number of rotatable bonds is 5. The zero-order chi connectivity index (χ0) is 23.8. The molecular weight excluding hydrogens is 442 g/mol. The highest BCUT2D eigenvalue weighted by molar-refractivity contribution is 5.77. The molecule has 0 spiro atoms. The van der Waals surface area contributed by atoms with Gasteiger partial charge in [-0.2, -0.15) is 0 Å². The third-order valence-electron chi connectivity index (χ3n) is 6.74. The lowest BCUT2D eigenvalue weighted by molar-refractivity contribution is 0.310. The Morgan fingerprint density at radius 1 is 1.17 bits per heavy atom. The number of nitrogens with one attached hydrogen (secondary N) is 2. The molecule has 1 aromatic carbocycles. The Hall–Kier alpha value is -4.01. The first-order chi connectivity index (χ1) is 17.2. The molecule has 0 bridgehead atoms. The molecule has 2 aliphatic heterocycles. The maximum atomic E-state index is 5.77. The van der Waals surface area contributed by atoms with Gasteiger partial charge in [0.25, 0.3) is 0 Å². The molecule has 1 fully saturated rings. The van der Waals surface area contributed by atoms with Gasteiger partial charge in [-0.25, -0.2) is 15.0 Å². The van der Waals surface area contributed by atoms with E-state index in [1.807, 2.05) is 28.9 Å². The van der Waals surface area contributed by atoms with E-state index in [4.69, 9.17) is 14.5 Å². The fraction of sp³-hybridized carbons (Fsp3) is 0.346. The van der Waals surface area contributed by atoms with Crippen molar-refractivity contribution in [3.63, 3.8) is 0 Å². The minimum Gasteiger partial charge on any atom is -0.495 e. The normalized spacial score (nSPS) is 15.9. The van der Waals surface area contributed by atoms with Crippen LogP contribution in [0.3, 0.4) is 0 Å². The van der Waals surface area contributed by atoms with Crippen LogP contribution in [0.1, 0.15) is 19.8 Å². The Morgan fingerprint density at radius 3 is 2.91 bits per heavy atom. The Morgan fingerprint density at radius 2 is 2.06 bits per heavy atom. The molecule has 0 saturated carbocycles. The molecule has 0 amide bonds. The molecule has 35 heavy (non-hydrogen) atoms. The number of nitrogens with zero attached hydrogens (tertiary/aromatic N) is 5. The Labute approximate surface area is 204 Å². The Bertz CT molecular complexity index is 1360. The zero-order valence-corrected chi connectivity index (χ0v) is 20.0. The van der Waals surface area contributed by atoms with Crippen LogP contribution in [0.4, 0.5) is 22.9 Å². The van der Waals surface area contributed by atoms with Crippen molar-refractivity contribution in [2.45, 2.75) is 19.8 Å². The van der Waals surface area contributed by atoms with Gasteiger partial charge in [-0.05, 0) is 37.0 Å². The van der Waals surface area contributed by atoms with E-state index < -0.39 is 0 Å². The number of hydrogen-bond donors (Lipinski definition) is 2. The number of piperidine rings is 1. The topological polar surface area (TPSA) is 88.8 Å². The SMILES string of the molecule is COc1cc(Nc2nc(-c3cnc4c(c3)NCCO4)cn3ccnc23)ccc1N1CCC(C)CC1. The third kappa shape index (κ3) is 4.18. The van der Waals surface area contributed by atoms with Crippen molar-refractivity contribution in [3.05, 3.63) is 49.1 Å². The van der Waals surface area contributed by atoms with Gasteiger partial charge in [0, 0.05) is 61.7 Å². The minimum absolute atomic E-state index is 0.617. The summed E-state index contributed by atoms with van der Waals surface area (Å²) in [7, 11) is 1.72. The second-order valence-corrected chi connectivity index (χ2v) is 9.17.